The number of nitrogens with one attached hydrogen (secondary N) is 1. The molecule has 8 nitrogen and oxygen atoms in total. The predicted molar refractivity (Wildman–Crippen MR) is 189 cm³/mol. The zero-order valence-electron chi connectivity index (χ0n) is 28.7. The van der Waals surface area contributed by atoms with Gasteiger partial charge in [0.05, 0.1) is 22.7 Å². The maximum atomic E-state index is 14.3. The van der Waals surface area contributed by atoms with Crippen LogP contribution in [0, 0.1) is 24.6 Å². The van der Waals surface area contributed by atoms with Gasteiger partial charge >= 0.3 is 5.97 Å². The third-order valence-electron chi connectivity index (χ3n) is 12.0. The highest BCUT2D eigenvalue weighted by molar-refractivity contribution is 7.11. The van der Waals surface area contributed by atoms with Crippen molar-refractivity contribution in [3.8, 4) is 0 Å². The first-order chi connectivity index (χ1) is 23.3. The summed E-state index contributed by atoms with van der Waals surface area (Å²) in [6.45, 7) is 5.23. The molecule has 4 heterocycles. The SMILES string of the molecule is CC[C@H](C1CCC(C(=O)O)CC1)N(C)c1nc2c(c(N[C@@H](CN3C4CCC[C@@H]3CC4)c3cnc(C)s3)n1)C[C@H](c1cccc(F)c1)CC2. The molecule has 1 unspecified atom stereocenters. The molecule has 3 fully saturated rings. The molecule has 1 aromatic carbocycles. The van der Waals surface area contributed by atoms with Gasteiger partial charge in [-0.1, -0.05) is 25.5 Å². The van der Waals surface area contributed by atoms with E-state index in [9.17, 15) is 14.3 Å². The molecule has 2 aliphatic heterocycles. The van der Waals surface area contributed by atoms with Crippen LogP contribution in [-0.2, 0) is 17.6 Å². The van der Waals surface area contributed by atoms with E-state index in [1.54, 1.807) is 17.4 Å². The van der Waals surface area contributed by atoms with Gasteiger partial charge in [0.25, 0.3) is 0 Å². The minimum Gasteiger partial charge on any atom is -0.481 e. The summed E-state index contributed by atoms with van der Waals surface area (Å²) < 4.78 is 14.3. The fourth-order valence-corrected chi connectivity index (χ4v) is 10.2. The third-order valence-corrected chi connectivity index (χ3v) is 13.0. The molecule has 7 rings (SSSR count). The van der Waals surface area contributed by atoms with E-state index in [0.29, 0.717) is 18.0 Å². The summed E-state index contributed by atoms with van der Waals surface area (Å²) in [6, 6.07) is 8.67. The number of carbonyl (C=O) groups is 1. The normalized spacial score (nSPS) is 26.9. The number of thiazole rings is 1. The smallest absolute Gasteiger partial charge is 0.306 e. The number of aromatic nitrogens is 3. The van der Waals surface area contributed by atoms with E-state index >= 15 is 0 Å². The van der Waals surface area contributed by atoms with Gasteiger partial charge in [0.1, 0.15) is 11.6 Å². The highest BCUT2D eigenvalue weighted by Gasteiger charge is 2.39. The quantitative estimate of drug-likeness (QED) is 0.212. The molecule has 0 amide bonds. The van der Waals surface area contributed by atoms with Gasteiger partial charge in [-0.05, 0) is 114 Å². The van der Waals surface area contributed by atoms with Crippen molar-refractivity contribution in [2.45, 2.75) is 127 Å². The van der Waals surface area contributed by atoms with Gasteiger partial charge in [-0.25, -0.2) is 14.4 Å². The van der Waals surface area contributed by atoms with Gasteiger partial charge in [-0.3, -0.25) is 9.69 Å². The van der Waals surface area contributed by atoms with E-state index in [-0.39, 0.29) is 29.7 Å². The Morgan fingerprint density at radius 2 is 1.88 bits per heavy atom. The summed E-state index contributed by atoms with van der Waals surface area (Å²) >= 11 is 1.77. The Morgan fingerprint density at radius 3 is 2.54 bits per heavy atom. The van der Waals surface area contributed by atoms with Crippen LogP contribution in [0.5, 0.6) is 0 Å². The molecule has 4 aliphatic rings. The topological polar surface area (TPSA) is 94.5 Å². The molecule has 2 N–H and O–H groups in total. The second-order valence-corrected chi connectivity index (χ2v) is 16.1. The number of rotatable bonds is 11. The average Bonchev–Trinajstić information content (AvgIpc) is 3.61. The molecule has 2 aliphatic carbocycles. The Morgan fingerprint density at radius 1 is 1.10 bits per heavy atom. The van der Waals surface area contributed by atoms with Crippen molar-refractivity contribution in [3.63, 3.8) is 0 Å². The summed E-state index contributed by atoms with van der Waals surface area (Å²) in [5.74, 6) is 1.17. The first-order valence-corrected chi connectivity index (χ1v) is 19.1. The summed E-state index contributed by atoms with van der Waals surface area (Å²) in [6.07, 6.45) is 15.3. The Kier molecular flexibility index (Phi) is 10.0. The Labute approximate surface area is 288 Å². The Hall–Kier alpha value is -3.11. The van der Waals surface area contributed by atoms with Crippen LogP contribution < -0.4 is 10.2 Å². The van der Waals surface area contributed by atoms with Gasteiger partial charge in [0.2, 0.25) is 5.95 Å². The standard InChI is InChI=1S/C38H51FN6O2S/c1-4-34(24-11-13-25(14-12-24)37(46)47)44(3)38-42-32-18-15-27(26-7-5-8-28(39)19-26)20-31(32)36(43-38)41-33(35-21-40-23(2)48-35)22-45-29-9-6-10-30(45)17-16-29/h5,7-8,19,21,24-25,27,29-30,33-34H,4,6,9-18,20,22H2,1-3H3,(H,46,47)(H,41,42,43)/t24?,25?,27-,29-,30?,33+,34-/m1/s1. The molecule has 0 spiro atoms. The number of nitrogens with zero attached hydrogens (tertiary/aromatic N) is 5. The molecule has 3 aromatic rings. The van der Waals surface area contributed by atoms with Crippen molar-refractivity contribution in [2.75, 3.05) is 23.8 Å². The van der Waals surface area contributed by atoms with Crippen LogP contribution >= 0.6 is 11.3 Å². The maximum Gasteiger partial charge on any atom is 0.306 e. The van der Waals surface area contributed by atoms with Crippen LogP contribution in [0.15, 0.2) is 30.5 Å². The zero-order valence-corrected chi connectivity index (χ0v) is 29.5. The number of carboxylic acids is 1. The van der Waals surface area contributed by atoms with Crippen molar-refractivity contribution in [3.05, 3.63) is 63.0 Å². The minimum absolute atomic E-state index is 0.0531. The van der Waals surface area contributed by atoms with Crippen LogP contribution in [0.2, 0.25) is 0 Å². The van der Waals surface area contributed by atoms with E-state index in [0.717, 1.165) is 91.5 Å². The van der Waals surface area contributed by atoms with E-state index in [1.165, 1.54) is 43.0 Å². The number of halogens is 1. The van der Waals surface area contributed by atoms with E-state index < -0.39 is 5.97 Å². The van der Waals surface area contributed by atoms with Crippen molar-refractivity contribution >= 4 is 29.1 Å². The van der Waals surface area contributed by atoms with Crippen LogP contribution in [0.3, 0.4) is 0 Å². The molecule has 48 heavy (non-hydrogen) atoms. The number of piperidine rings is 1. The number of carboxylic acid groups (broad SMARTS) is 1. The van der Waals surface area contributed by atoms with Crippen molar-refractivity contribution < 1.29 is 14.3 Å². The maximum absolute atomic E-state index is 14.3. The number of hydrogen-bond acceptors (Lipinski definition) is 8. The van der Waals surface area contributed by atoms with Crippen molar-refractivity contribution in [2.24, 2.45) is 11.8 Å². The molecular weight excluding hydrogens is 624 g/mol. The van der Waals surface area contributed by atoms with Gasteiger partial charge in [-0.2, -0.15) is 4.98 Å². The van der Waals surface area contributed by atoms with Crippen LogP contribution in [0.4, 0.5) is 16.2 Å². The van der Waals surface area contributed by atoms with Crippen molar-refractivity contribution in [1.29, 1.82) is 0 Å². The van der Waals surface area contributed by atoms with Crippen LogP contribution in [0.1, 0.15) is 116 Å². The molecule has 2 aromatic heterocycles. The molecule has 258 valence electrons. The van der Waals surface area contributed by atoms with Crippen LogP contribution in [0.25, 0.3) is 0 Å². The van der Waals surface area contributed by atoms with E-state index in [4.69, 9.17) is 9.97 Å². The van der Waals surface area contributed by atoms with Gasteiger partial charge in [0.15, 0.2) is 0 Å². The highest BCUT2D eigenvalue weighted by Crippen LogP contribution is 2.41. The molecule has 10 heteroatoms. The van der Waals surface area contributed by atoms with Gasteiger partial charge in [0, 0.05) is 48.4 Å². The lowest BCUT2D eigenvalue weighted by Crippen LogP contribution is -2.43. The van der Waals surface area contributed by atoms with E-state index in [1.807, 2.05) is 12.3 Å². The second-order valence-electron chi connectivity index (χ2n) is 14.8. The fraction of sp³-hybridized carbons (Fsp3) is 0.632. The zero-order chi connectivity index (χ0) is 33.4. The lowest BCUT2D eigenvalue weighted by molar-refractivity contribution is -0.143. The largest absolute Gasteiger partial charge is 0.481 e. The number of benzene rings is 1. The summed E-state index contributed by atoms with van der Waals surface area (Å²) in [7, 11) is 2.12. The van der Waals surface area contributed by atoms with Crippen molar-refractivity contribution in [1.82, 2.24) is 19.9 Å². The number of hydrogen-bond donors (Lipinski definition) is 2. The lowest BCUT2D eigenvalue weighted by Gasteiger charge is -2.39. The molecular formula is C38H51FN6O2S. The number of anilines is 2. The molecule has 0 radical (unpaired) electrons. The fourth-order valence-electron chi connectivity index (χ4n) is 9.39. The Balaban J connectivity index is 1.22. The molecule has 2 bridgehead atoms. The first-order valence-electron chi connectivity index (χ1n) is 18.3. The first kappa shape index (κ1) is 33.4. The molecule has 2 saturated heterocycles. The molecule has 5 atom stereocenters. The third kappa shape index (κ3) is 6.97. The predicted octanol–water partition coefficient (Wildman–Crippen LogP) is 7.93. The highest BCUT2D eigenvalue weighted by atomic mass is 32.1. The lowest BCUT2D eigenvalue weighted by atomic mass is 9.77. The van der Waals surface area contributed by atoms with Gasteiger partial charge < -0.3 is 15.3 Å². The van der Waals surface area contributed by atoms with Crippen LogP contribution in [-0.4, -0.2) is 62.6 Å². The average molecular weight is 675 g/mol. The summed E-state index contributed by atoms with van der Waals surface area (Å²) in [4.78, 5) is 33.2. The number of fused-ring (bicyclic) bond motifs is 3. The number of aryl methyl sites for hydroxylation is 2. The van der Waals surface area contributed by atoms with Gasteiger partial charge in [-0.15, -0.1) is 11.3 Å². The summed E-state index contributed by atoms with van der Waals surface area (Å²) in [5, 5.41) is 14.7. The summed E-state index contributed by atoms with van der Waals surface area (Å²) in [5.41, 5.74) is 3.27. The monoisotopic (exact) mass is 674 g/mol. The Bertz CT molecular complexity index is 1570. The second kappa shape index (κ2) is 14.4. The van der Waals surface area contributed by atoms with E-state index in [2.05, 4.69) is 47.1 Å². The number of aliphatic carboxylic acids is 1. The minimum atomic E-state index is -0.664. The molecule has 1 saturated carbocycles.